The van der Waals surface area contributed by atoms with Crippen LogP contribution in [0.5, 0.6) is 5.75 Å². The lowest BCUT2D eigenvalue weighted by molar-refractivity contribution is -0.121. The summed E-state index contributed by atoms with van der Waals surface area (Å²) in [6.07, 6.45) is 5.55. The van der Waals surface area contributed by atoms with E-state index < -0.39 is 5.97 Å². The first-order chi connectivity index (χ1) is 16.0. The van der Waals surface area contributed by atoms with Crippen molar-refractivity contribution in [3.8, 4) is 5.75 Å². The Morgan fingerprint density at radius 1 is 1.21 bits per heavy atom. The fraction of sp³-hybridized carbons (Fsp3) is 0.444. The number of aromatic carboxylic acids is 1. The quantitative estimate of drug-likeness (QED) is 0.512. The number of aromatic nitrogens is 1. The van der Waals surface area contributed by atoms with E-state index in [0.717, 1.165) is 42.6 Å². The molecule has 3 aliphatic rings. The fourth-order valence-electron chi connectivity index (χ4n) is 6.13. The lowest BCUT2D eigenvalue weighted by Crippen LogP contribution is -2.56. The van der Waals surface area contributed by atoms with Crippen molar-refractivity contribution in [1.82, 2.24) is 9.88 Å². The summed E-state index contributed by atoms with van der Waals surface area (Å²) in [5.74, 6) is 0.404. The van der Waals surface area contributed by atoms with Crippen molar-refractivity contribution in [1.29, 1.82) is 0 Å². The maximum Gasteiger partial charge on any atom is 0.335 e. The van der Waals surface area contributed by atoms with Crippen LogP contribution in [0.3, 0.4) is 0 Å². The van der Waals surface area contributed by atoms with Crippen LogP contribution >= 0.6 is 0 Å². The average Bonchev–Trinajstić information content (AvgIpc) is 3.32. The minimum atomic E-state index is -0.894. The van der Waals surface area contributed by atoms with Gasteiger partial charge in [0.15, 0.2) is 0 Å². The van der Waals surface area contributed by atoms with Gasteiger partial charge in [0.2, 0.25) is 0 Å². The molecular weight excluding hydrogens is 416 g/mol. The molecule has 2 saturated heterocycles. The summed E-state index contributed by atoms with van der Waals surface area (Å²) in [5.41, 5.74) is 5.01. The Morgan fingerprint density at radius 2 is 2.00 bits per heavy atom. The smallest absolute Gasteiger partial charge is 0.335 e. The maximum absolute atomic E-state index is 11.4. The second-order valence-corrected chi connectivity index (χ2v) is 9.31. The highest BCUT2D eigenvalue weighted by Crippen LogP contribution is 2.50. The van der Waals surface area contributed by atoms with Gasteiger partial charge in [-0.1, -0.05) is 12.1 Å². The molecule has 6 nitrogen and oxygen atoms in total. The number of rotatable bonds is 7. The van der Waals surface area contributed by atoms with Crippen LogP contribution in [-0.2, 0) is 11.3 Å². The van der Waals surface area contributed by atoms with Crippen molar-refractivity contribution in [2.75, 3.05) is 13.7 Å². The number of H-pyrrole nitrogens is 1. The molecular formula is C27H32N2O4. The average molecular weight is 449 g/mol. The van der Waals surface area contributed by atoms with Gasteiger partial charge in [-0.3, -0.25) is 4.90 Å². The molecule has 1 aliphatic carbocycles. The number of fused-ring (bicyclic) bond motifs is 4. The van der Waals surface area contributed by atoms with E-state index in [1.165, 1.54) is 16.5 Å². The van der Waals surface area contributed by atoms with E-state index in [0.29, 0.717) is 24.1 Å². The van der Waals surface area contributed by atoms with Gasteiger partial charge in [-0.25, -0.2) is 4.79 Å². The Hall–Kier alpha value is -2.83. The zero-order valence-corrected chi connectivity index (χ0v) is 19.5. The first-order valence-electron chi connectivity index (χ1n) is 11.9. The molecule has 6 heteroatoms. The summed E-state index contributed by atoms with van der Waals surface area (Å²) in [4.78, 5) is 17.4. The topological polar surface area (TPSA) is 74.8 Å². The van der Waals surface area contributed by atoms with E-state index in [1.807, 2.05) is 18.3 Å². The number of benzene rings is 2. The number of nitrogens with one attached hydrogen (secondary N) is 1. The van der Waals surface area contributed by atoms with Crippen LogP contribution in [0.4, 0.5) is 0 Å². The van der Waals surface area contributed by atoms with Gasteiger partial charge >= 0.3 is 5.97 Å². The summed E-state index contributed by atoms with van der Waals surface area (Å²) in [6.45, 7) is 5.67. The highest BCUT2D eigenvalue weighted by atomic mass is 16.5. The summed E-state index contributed by atoms with van der Waals surface area (Å²) < 4.78 is 12.0. The highest BCUT2D eigenvalue weighted by Gasteiger charge is 2.48. The van der Waals surface area contributed by atoms with E-state index in [9.17, 15) is 9.90 Å². The molecule has 2 aromatic carbocycles. The van der Waals surface area contributed by atoms with Crippen molar-refractivity contribution in [2.45, 2.75) is 57.8 Å². The number of nitrogens with zero attached hydrogens (tertiary/aromatic N) is 1. The lowest BCUT2D eigenvalue weighted by atomic mass is 9.70. The van der Waals surface area contributed by atoms with Gasteiger partial charge in [0.05, 0.1) is 18.8 Å². The summed E-state index contributed by atoms with van der Waals surface area (Å²) in [5, 5.41) is 10.6. The number of piperidine rings is 2. The Kier molecular flexibility index (Phi) is 5.89. The van der Waals surface area contributed by atoms with Crippen molar-refractivity contribution < 1.29 is 19.4 Å². The van der Waals surface area contributed by atoms with E-state index in [2.05, 4.69) is 35.9 Å². The molecule has 4 atom stereocenters. The van der Waals surface area contributed by atoms with Crippen LogP contribution in [0.2, 0.25) is 0 Å². The van der Waals surface area contributed by atoms with E-state index >= 15 is 0 Å². The Labute approximate surface area is 194 Å². The fourth-order valence-corrected chi connectivity index (χ4v) is 6.13. The predicted octanol–water partition coefficient (Wildman–Crippen LogP) is 5.31. The maximum atomic E-state index is 11.4. The van der Waals surface area contributed by atoms with Crippen LogP contribution in [-0.4, -0.2) is 46.8 Å². The molecule has 1 saturated carbocycles. The zero-order chi connectivity index (χ0) is 23.1. The number of aromatic amines is 1. The van der Waals surface area contributed by atoms with Gasteiger partial charge in [0.25, 0.3) is 0 Å². The highest BCUT2D eigenvalue weighted by molar-refractivity contribution is 5.88. The summed E-state index contributed by atoms with van der Waals surface area (Å²) in [7, 11) is 1.74. The normalized spacial score (nSPS) is 24.9. The van der Waals surface area contributed by atoms with E-state index in [4.69, 9.17) is 9.47 Å². The minimum absolute atomic E-state index is 0.178. The first-order valence-corrected chi connectivity index (χ1v) is 11.9. The SMILES string of the molecule is CCO[C@@H]1CC2CCC1[C@@H](c1ccc(C(=O)O)cc1)N2Cc1c(OC)cc(C)c2[nH]ccc12. The van der Waals surface area contributed by atoms with Crippen LogP contribution in [0.25, 0.3) is 10.9 Å². The first kappa shape index (κ1) is 22.0. The molecule has 1 aromatic heterocycles. The number of aryl methyl sites for hydroxylation is 1. The van der Waals surface area contributed by atoms with Crippen LogP contribution in [0, 0.1) is 12.8 Å². The largest absolute Gasteiger partial charge is 0.496 e. The summed E-state index contributed by atoms with van der Waals surface area (Å²) >= 11 is 0. The number of carboxylic acids is 1. The third-order valence-corrected chi connectivity index (χ3v) is 7.60. The number of hydrogen-bond acceptors (Lipinski definition) is 4. The molecule has 174 valence electrons. The van der Waals surface area contributed by atoms with Crippen molar-refractivity contribution in [3.05, 3.63) is 64.8 Å². The van der Waals surface area contributed by atoms with Crippen LogP contribution < -0.4 is 4.74 Å². The molecule has 2 bridgehead atoms. The lowest BCUT2D eigenvalue weighted by Gasteiger charge is -2.55. The molecule has 0 amide bonds. The third kappa shape index (κ3) is 3.81. The Bertz CT molecular complexity index is 1150. The molecule has 2 unspecified atom stereocenters. The standard InChI is InChI=1S/C27H32N2O4/c1-4-33-24-14-19-9-10-21(24)26(17-5-7-18(8-6-17)27(30)31)29(19)15-22-20-11-12-28-25(20)16(2)13-23(22)32-3/h5-8,11-13,19,21,24,26,28H,4,9-10,14-15H2,1-3H3,(H,30,31)/t19?,21?,24-,26-/m1/s1. The predicted molar refractivity (Wildman–Crippen MR) is 128 cm³/mol. The molecule has 3 aromatic rings. The molecule has 3 fully saturated rings. The zero-order valence-electron chi connectivity index (χ0n) is 19.5. The number of ether oxygens (including phenoxy) is 2. The van der Waals surface area contributed by atoms with E-state index in [-0.39, 0.29) is 12.1 Å². The van der Waals surface area contributed by atoms with Crippen molar-refractivity contribution >= 4 is 16.9 Å². The molecule has 2 aliphatic heterocycles. The van der Waals surface area contributed by atoms with Gasteiger partial charge in [-0.15, -0.1) is 0 Å². The summed E-state index contributed by atoms with van der Waals surface area (Å²) in [6, 6.07) is 12.3. The van der Waals surface area contributed by atoms with Gasteiger partial charge in [0, 0.05) is 53.8 Å². The third-order valence-electron chi connectivity index (χ3n) is 7.60. The molecule has 0 radical (unpaired) electrons. The number of methoxy groups -OCH3 is 1. The molecule has 2 N–H and O–H groups in total. The van der Waals surface area contributed by atoms with Crippen LogP contribution in [0.1, 0.15) is 59.3 Å². The number of hydrogen-bond donors (Lipinski definition) is 2. The van der Waals surface area contributed by atoms with Gasteiger partial charge in [-0.05, 0) is 68.5 Å². The second-order valence-electron chi connectivity index (χ2n) is 9.31. The van der Waals surface area contributed by atoms with Gasteiger partial charge < -0.3 is 19.6 Å². The number of carbonyl (C=O) groups is 1. The molecule has 3 heterocycles. The minimum Gasteiger partial charge on any atom is -0.496 e. The van der Waals surface area contributed by atoms with Gasteiger partial charge in [0.1, 0.15) is 5.75 Å². The monoisotopic (exact) mass is 448 g/mol. The Morgan fingerprint density at radius 3 is 2.70 bits per heavy atom. The Balaban J connectivity index is 1.57. The van der Waals surface area contributed by atoms with Crippen molar-refractivity contribution in [2.24, 2.45) is 5.92 Å². The van der Waals surface area contributed by atoms with E-state index in [1.54, 1.807) is 19.2 Å². The van der Waals surface area contributed by atoms with Gasteiger partial charge in [-0.2, -0.15) is 0 Å². The van der Waals surface area contributed by atoms with Crippen molar-refractivity contribution in [3.63, 3.8) is 0 Å². The molecule has 0 spiro atoms. The molecule has 33 heavy (non-hydrogen) atoms. The molecule has 6 rings (SSSR count). The second kappa shape index (κ2) is 8.84. The number of carboxylic acid groups (broad SMARTS) is 1. The van der Waals surface area contributed by atoms with Crippen LogP contribution in [0.15, 0.2) is 42.6 Å².